The zero-order valence-electron chi connectivity index (χ0n) is 16.4. The Morgan fingerprint density at radius 2 is 1.28 bits per heavy atom. The van der Waals surface area contributed by atoms with E-state index in [1.807, 2.05) is 0 Å². The predicted molar refractivity (Wildman–Crippen MR) is 102 cm³/mol. The van der Waals surface area contributed by atoms with Gasteiger partial charge in [-0.15, -0.1) is 0 Å². The van der Waals surface area contributed by atoms with Crippen LogP contribution in [0.2, 0.25) is 0 Å². The number of rotatable bonds is 17. The number of aliphatic hydroxyl groups is 3. The van der Waals surface area contributed by atoms with E-state index in [9.17, 15) is 15.0 Å². The molecule has 5 nitrogen and oxygen atoms in total. The molecule has 0 saturated heterocycles. The fourth-order valence-corrected chi connectivity index (χ4v) is 2.82. The van der Waals surface area contributed by atoms with E-state index in [-0.39, 0.29) is 0 Å². The quantitative estimate of drug-likeness (QED) is 0.300. The van der Waals surface area contributed by atoms with Crippen LogP contribution < -0.4 is 5.32 Å². The van der Waals surface area contributed by atoms with E-state index >= 15 is 0 Å². The van der Waals surface area contributed by atoms with Gasteiger partial charge in [-0.05, 0) is 13.3 Å². The van der Waals surface area contributed by atoms with Crippen molar-refractivity contribution in [2.45, 2.75) is 109 Å². The highest BCUT2D eigenvalue weighted by Crippen LogP contribution is 2.12. The van der Waals surface area contributed by atoms with Gasteiger partial charge in [0, 0.05) is 6.54 Å². The van der Waals surface area contributed by atoms with Crippen LogP contribution in [-0.2, 0) is 4.79 Å². The van der Waals surface area contributed by atoms with Gasteiger partial charge in [-0.25, -0.2) is 0 Å². The average molecular weight is 360 g/mol. The molecule has 0 heterocycles. The van der Waals surface area contributed by atoms with Gasteiger partial charge in [0.15, 0.2) is 6.10 Å². The summed E-state index contributed by atoms with van der Waals surface area (Å²) in [7, 11) is 0. The first-order valence-electron chi connectivity index (χ1n) is 10.2. The molecular formula is C20H41NO4. The molecule has 0 aromatic heterocycles. The monoisotopic (exact) mass is 359 g/mol. The summed E-state index contributed by atoms with van der Waals surface area (Å²) < 4.78 is 0. The maximum atomic E-state index is 11.6. The minimum absolute atomic E-state index is 0.495. The standard InChI is InChI=1S/C20H41NO4/c1-3-4-5-6-7-8-9-10-11-12-13-14-15-16-21-19(24)18(23)20(2,25)17-22/h18,22-23,25H,3-17H2,1-2H3,(H,21,24). The van der Waals surface area contributed by atoms with Crippen LogP contribution in [0.4, 0.5) is 0 Å². The summed E-state index contributed by atoms with van der Waals surface area (Å²) in [5.74, 6) is -0.627. The maximum Gasteiger partial charge on any atom is 0.251 e. The van der Waals surface area contributed by atoms with E-state index in [0.717, 1.165) is 12.8 Å². The number of unbranched alkanes of at least 4 members (excludes halogenated alkanes) is 12. The van der Waals surface area contributed by atoms with Crippen LogP contribution in [0, 0.1) is 0 Å². The minimum Gasteiger partial charge on any atom is -0.393 e. The second-order valence-electron chi connectivity index (χ2n) is 7.45. The van der Waals surface area contributed by atoms with Gasteiger partial charge in [-0.1, -0.05) is 84.0 Å². The molecule has 0 radical (unpaired) electrons. The third kappa shape index (κ3) is 13.2. The lowest BCUT2D eigenvalue weighted by Gasteiger charge is -2.25. The Bertz CT molecular complexity index is 321. The number of amides is 1. The molecule has 0 aliphatic carbocycles. The molecule has 0 aromatic carbocycles. The number of hydrogen-bond donors (Lipinski definition) is 4. The number of aliphatic hydroxyl groups excluding tert-OH is 2. The van der Waals surface area contributed by atoms with E-state index in [2.05, 4.69) is 12.2 Å². The third-order valence-electron chi connectivity index (χ3n) is 4.74. The molecule has 0 rings (SSSR count). The first-order valence-corrected chi connectivity index (χ1v) is 10.2. The highest BCUT2D eigenvalue weighted by Gasteiger charge is 2.34. The van der Waals surface area contributed by atoms with Crippen LogP contribution >= 0.6 is 0 Å². The smallest absolute Gasteiger partial charge is 0.251 e. The first kappa shape index (κ1) is 24.4. The topological polar surface area (TPSA) is 89.8 Å². The van der Waals surface area contributed by atoms with Gasteiger partial charge in [0.05, 0.1) is 6.61 Å². The van der Waals surface area contributed by atoms with Crippen LogP contribution in [0.25, 0.3) is 0 Å². The summed E-state index contributed by atoms with van der Waals surface area (Å²) in [6.07, 6.45) is 14.9. The summed E-state index contributed by atoms with van der Waals surface area (Å²) in [6, 6.07) is 0. The van der Waals surface area contributed by atoms with Crippen molar-refractivity contribution >= 4 is 5.91 Å². The van der Waals surface area contributed by atoms with Crippen molar-refractivity contribution in [3.8, 4) is 0 Å². The summed E-state index contributed by atoms with van der Waals surface area (Å²) in [6.45, 7) is 3.33. The van der Waals surface area contributed by atoms with Gasteiger partial charge in [-0.2, -0.15) is 0 Å². The molecule has 5 heteroatoms. The van der Waals surface area contributed by atoms with Crippen LogP contribution in [0.3, 0.4) is 0 Å². The molecule has 1 amide bonds. The van der Waals surface area contributed by atoms with Gasteiger partial charge in [0.1, 0.15) is 5.60 Å². The largest absolute Gasteiger partial charge is 0.393 e. The Labute approximate surface area is 154 Å². The van der Waals surface area contributed by atoms with Crippen molar-refractivity contribution in [2.75, 3.05) is 13.2 Å². The fourth-order valence-electron chi connectivity index (χ4n) is 2.82. The number of carbonyl (C=O) groups is 1. The van der Waals surface area contributed by atoms with Gasteiger partial charge in [0.2, 0.25) is 0 Å². The number of nitrogens with one attached hydrogen (secondary N) is 1. The lowest BCUT2D eigenvalue weighted by Crippen LogP contribution is -2.51. The van der Waals surface area contributed by atoms with Gasteiger partial charge in [-0.3, -0.25) is 4.79 Å². The number of carbonyl (C=O) groups excluding carboxylic acids is 1. The van der Waals surface area contributed by atoms with Crippen molar-refractivity contribution in [2.24, 2.45) is 0 Å². The zero-order chi connectivity index (χ0) is 19.0. The fraction of sp³-hybridized carbons (Fsp3) is 0.950. The van der Waals surface area contributed by atoms with Crippen molar-refractivity contribution in [1.82, 2.24) is 5.32 Å². The summed E-state index contributed by atoms with van der Waals surface area (Å²) in [5.41, 5.74) is -1.79. The molecular weight excluding hydrogens is 318 g/mol. The molecule has 2 unspecified atom stereocenters. The molecule has 0 fully saturated rings. The summed E-state index contributed by atoms with van der Waals surface area (Å²) in [5, 5.41) is 30.8. The molecule has 0 aliphatic rings. The Hall–Kier alpha value is -0.650. The van der Waals surface area contributed by atoms with E-state index in [0.29, 0.717) is 6.54 Å². The Balaban J connectivity index is 3.35. The minimum atomic E-state index is -1.79. The van der Waals surface area contributed by atoms with Crippen molar-refractivity contribution < 1.29 is 20.1 Å². The highest BCUT2D eigenvalue weighted by molar-refractivity contribution is 5.81. The molecule has 4 N–H and O–H groups in total. The van der Waals surface area contributed by atoms with Crippen LogP contribution in [-0.4, -0.2) is 46.1 Å². The van der Waals surface area contributed by atoms with Crippen LogP contribution in [0.1, 0.15) is 97.3 Å². The van der Waals surface area contributed by atoms with Gasteiger partial charge < -0.3 is 20.6 Å². The lowest BCUT2D eigenvalue weighted by atomic mass is 10.00. The van der Waals surface area contributed by atoms with Crippen molar-refractivity contribution in [3.05, 3.63) is 0 Å². The van der Waals surface area contributed by atoms with E-state index in [4.69, 9.17) is 5.11 Å². The van der Waals surface area contributed by atoms with Gasteiger partial charge in [0.25, 0.3) is 5.91 Å². The molecule has 0 saturated carbocycles. The SMILES string of the molecule is CCCCCCCCCCCCCCCNC(=O)C(O)C(C)(O)CO. The molecule has 25 heavy (non-hydrogen) atoms. The second kappa shape index (κ2) is 15.6. The summed E-state index contributed by atoms with van der Waals surface area (Å²) >= 11 is 0. The predicted octanol–water partition coefficient (Wildman–Crippen LogP) is 3.30. The van der Waals surface area contributed by atoms with Crippen molar-refractivity contribution in [3.63, 3.8) is 0 Å². The molecule has 0 spiro atoms. The van der Waals surface area contributed by atoms with Crippen LogP contribution in [0.15, 0.2) is 0 Å². The lowest BCUT2D eigenvalue weighted by molar-refractivity contribution is -0.148. The highest BCUT2D eigenvalue weighted by atomic mass is 16.4. The molecule has 2 atom stereocenters. The first-order chi connectivity index (χ1) is 12.0. The van der Waals surface area contributed by atoms with E-state index in [1.54, 1.807) is 0 Å². The summed E-state index contributed by atoms with van der Waals surface area (Å²) in [4.78, 5) is 11.6. The third-order valence-corrected chi connectivity index (χ3v) is 4.74. The van der Waals surface area contributed by atoms with Crippen molar-refractivity contribution in [1.29, 1.82) is 0 Å². The van der Waals surface area contributed by atoms with E-state index < -0.39 is 24.2 Å². The molecule has 150 valence electrons. The van der Waals surface area contributed by atoms with Crippen LogP contribution in [0.5, 0.6) is 0 Å². The Morgan fingerprint density at radius 3 is 1.68 bits per heavy atom. The second-order valence-corrected chi connectivity index (χ2v) is 7.45. The molecule has 0 aromatic rings. The van der Waals surface area contributed by atoms with E-state index in [1.165, 1.54) is 77.6 Å². The number of hydrogen-bond acceptors (Lipinski definition) is 4. The normalized spacial score (nSPS) is 14.9. The average Bonchev–Trinajstić information content (AvgIpc) is 2.61. The maximum absolute atomic E-state index is 11.6. The Morgan fingerprint density at radius 1 is 0.880 bits per heavy atom. The Kier molecular flexibility index (Phi) is 15.2. The van der Waals surface area contributed by atoms with Gasteiger partial charge >= 0.3 is 0 Å². The molecule has 0 aliphatic heterocycles. The zero-order valence-corrected chi connectivity index (χ0v) is 16.4. The molecule has 0 bridgehead atoms.